The number of carboxylic acids is 1. The summed E-state index contributed by atoms with van der Waals surface area (Å²) >= 11 is 0. The quantitative estimate of drug-likeness (QED) is 0.706. The zero-order valence-corrected chi connectivity index (χ0v) is 8.13. The molecular formula is C10H18O2. The van der Waals surface area contributed by atoms with Crippen LogP contribution in [0.4, 0.5) is 0 Å². The van der Waals surface area contributed by atoms with Gasteiger partial charge in [-0.1, -0.05) is 20.8 Å². The summed E-state index contributed by atoms with van der Waals surface area (Å²) in [5, 5.41) is 8.65. The van der Waals surface area contributed by atoms with Crippen molar-refractivity contribution in [2.24, 2.45) is 17.3 Å². The van der Waals surface area contributed by atoms with Crippen molar-refractivity contribution in [3.8, 4) is 0 Å². The lowest BCUT2D eigenvalue weighted by molar-refractivity contribution is -0.138. The zero-order valence-electron chi connectivity index (χ0n) is 8.13. The molecule has 0 heterocycles. The van der Waals surface area contributed by atoms with Gasteiger partial charge in [-0.15, -0.1) is 0 Å². The van der Waals surface area contributed by atoms with Crippen LogP contribution in [-0.2, 0) is 4.79 Å². The van der Waals surface area contributed by atoms with Crippen molar-refractivity contribution in [3.05, 3.63) is 0 Å². The van der Waals surface area contributed by atoms with Crippen LogP contribution in [0.3, 0.4) is 0 Å². The lowest BCUT2D eigenvalue weighted by Gasteiger charge is -2.17. The van der Waals surface area contributed by atoms with Gasteiger partial charge in [-0.3, -0.25) is 4.79 Å². The fourth-order valence-corrected chi connectivity index (χ4v) is 1.49. The van der Waals surface area contributed by atoms with E-state index in [-0.39, 0.29) is 5.92 Å². The molecule has 0 aromatic carbocycles. The Kier molecular flexibility index (Phi) is 2.45. The highest BCUT2D eigenvalue weighted by Gasteiger charge is 2.42. The molecule has 0 amide bonds. The van der Waals surface area contributed by atoms with E-state index >= 15 is 0 Å². The van der Waals surface area contributed by atoms with Crippen LogP contribution in [0.5, 0.6) is 0 Å². The summed E-state index contributed by atoms with van der Waals surface area (Å²) in [6.45, 7) is 6.60. The van der Waals surface area contributed by atoms with Gasteiger partial charge in [0.2, 0.25) is 0 Å². The van der Waals surface area contributed by atoms with Crippen LogP contribution in [0.25, 0.3) is 0 Å². The van der Waals surface area contributed by atoms with E-state index in [4.69, 9.17) is 5.11 Å². The van der Waals surface area contributed by atoms with E-state index in [0.29, 0.717) is 11.3 Å². The molecule has 0 radical (unpaired) electrons. The van der Waals surface area contributed by atoms with Crippen LogP contribution in [0, 0.1) is 17.3 Å². The minimum absolute atomic E-state index is 0.0210. The predicted octanol–water partition coefficient (Wildman–Crippen LogP) is 2.53. The van der Waals surface area contributed by atoms with Crippen LogP contribution >= 0.6 is 0 Å². The van der Waals surface area contributed by atoms with E-state index in [0.717, 1.165) is 19.3 Å². The van der Waals surface area contributed by atoms with Gasteiger partial charge in [0.15, 0.2) is 0 Å². The van der Waals surface area contributed by atoms with Crippen molar-refractivity contribution in [3.63, 3.8) is 0 Å². The molecule has 1 rings (SSSR count). The lowest BCUT2D eigenvalue weighted by atomic mass is 9.89. The average molecular weight is 170 g/mol. The van der Waals surface area contributed by atoms with E-state index in [2.05, 4.69) is 20.8 Å². The first kappa shape index (κ1) is 9.56. The molecule has 1 fully saturated rings. The molecular weight excluding hydrogens is 152 g/mol. The number of aliphatic carboxylic acids is 1. The minimum atomic E-state index is -0.603. The Labute approximate surface area is 74.0 Å². The lowest BCUT2D eigenvalue weighted by Crippen LogP contribution is -2.06. The maximum atomic E-state index is 10.5. The van der Waals surface area contributed by atoms with Crippen LogP contribution in [0.1, 0.15) is 40.0 Å². The normalized spacial score (nSPS) is 28.6. The average Bonchev–Trinajstić information content (AvgIpc) is 2.59. The third-order valence-corrected chi connectivity index (χ3v) is 2.50. The van der Waals surface area contributed by atoms with Crippen molar-refractivity contribution in [2.45, 2.75) is 40.0 Å². The maximum Gasteiger partial charge on any atom is 0.306 e. The van der Waals surface area contributed by atoms with Crippen molar-refractivity contribution < 1.29 is 9.90 Å². The zero-order chi connectivity index (χ0) is 9.35. The molecule has 0 unspecified atom stereocenters. The third kappa shape index (κ3) is 2.84. The Morgan fingerprint density at radius 2 is 2.08 bits per heavy atom. The Bertz CT molecular complexity index is 179. The first-order valence-electron chi connectivity index (χ1n) is 4.63. The van der Waals surface area contributed by atoms with Gasteiger partial charge in [0, 0.05) is 0 Å². The van der Waals surface area contributed by atoms with Gasteiger partial charge in [0.1, 0.15) is 0 Å². The van der Waals surface area contributed by atoms with E-state index in [9.17, 15) is 4.79 Å². The highest BCUT2D eigenvalue weighted by molar-refractivity contribution is 5.73. The smallest absolute Gasteiger partial charge is 0.306 e. The highest BCUT2D eigenvalue weighted by Crippen LogP contribution is 2.43. The largest absolute Gasteiger partial charge is 0.481 e. The molecule has 70 valence electrons. The summed E-state index contributed by atoms with van der Waals surface area (Å²) in [5.41, 5.74) is 0.353. The molecule has 0 saturated heterocycles. The first-order chi connectivity index (χ1) is 5.40. The first-order valence-corrected chi connectivity index (χ1v) is 4.63. The summed E-state index contributed by atoms with van der Waals surface area (Å²) in [6.07, 6.45) is 3.13. The van der Waals surface area contributed by atoms with Crippen LogP contribution in [0.2, 0.25) is 0 Å². The molecule has 1 N–H and O–H groups in total. The Balaban J connectivity index is 2.16. The van der Waals surface area contributed by atoms with Crippen molar-refractivity contribution in [1.82, 2.24) is 0 Å². The predicted molar refractivity (Wildman–Crippen MR) is 47.9 cm³/mol. The maximum absolute atomic E-state index is 10.5. The van der Waals surface area contributed by atoms with Crippen molar-refractivity contribution in [1.29, 1.82) is 0 Å². The molecule has 0 aromatic rings. The van der Waals surface area contributed by atoms with Gasteiger partial charge in [-0.05, 0) is 30.6 Å². The van der Waals surface area contributed by atoms with E-state index in [1.807, 2.05) is 0 Å². The van der Waals surface area contributed by atoms with Gasteiger partial charge in [-0.25, -0.2) is 0 Å². The number of carboxylic acid groups (broad SMARTS) is 1. The molecule has 2 nitrogen and oxygen atoms in total. The van der Waals surface area contributed by atoms with Gasteiger partial charge < -0.3 is 5.11 Å². The van der Waals surface area contributed by atoms with Crippen molar-refractivity contribution in [2.75, 3.05) is 0 Å². The second kappa shape index (κ2) is 3.08. The molecule has 12 heavy (non-hydrogen) atoms. The van der Waals surface area contributed by atoms with Crippen LogP contribution < -0.4 is 0 Å². The van der Waals surface area contributed by atoms with E-state index in [1.165, 1.54) is 0 Å². The van der Waals surface area contributed by atoms with Crippen molar-refractivity contribution >= 4 is 5.97 Å². The standard InChI is InChI=1S/C10H18O2/c1-10(2,3)5-4-7-6-8(7)9(11)12/h7-8H,4-6H2,1-3H3,(H,11,12)/t7-,8-/m1/s1. The SMILES string of the molecule is CC(C)(C)CC[C@@H]1C[C@H]1C(=O)O. The summed E-state index contributed by atoms with van der Waals surface area (Å²) in [4.78, 5) is 10.5. The summed E-state index contributed by atoms with van der Waals surface area (Å²) in [6, 6.07) is 0. The molecule has 0 aromatic heterocycles. The number of hydrogen-bond acceptors (Lipinski definition) is 1. The Morgan fingerprint density at radius 3 is 2.42 bits per heavy atom. The van der Waals surface area contributed by atoms with Gasteiger partial charge in [-0.2, -0.15) is 0 Å². The fraction of sp³-hybridized carbons (Fsp3) is 0.900. The second-order valence-electron chi connectivity index (χ2n) is 5.04. The molecule has 0 aliphatic heterocycles. The van der Waals surface area contributed by atoms with E-state index in [1.54, 1.807) is 0 Å². The second-order valence-corrected chi connectivity index (χ2v) is 5.04. The number of hydrogen-bond donors (Lipinski definition) is 1. The van der Waals surface area contributed by atoms with E-state index < -0.39 is 5.97 Å². The topological polar surface area (TPSA) is 37.3 Å². The Hall–Kier alpha value is -0.530. The molecule has 2 atom stereocenters. The molecule has 0 spiro atoms. The number of carbonyl (C=O) groups is 1. The molecule has 0 bridgehead atoms. The minimum Gasteiger partial charge on any atom is -0.481 e. The van der Waals surface area contributed by atoms with Crippen LogP contribution in [0.15, 0.2) is 0 Å². The Morgan fingerprint density at radius 1 is 1.50 bits per heavy atom. The molecule has 1 aliphatic rings. The third-order valence-electron chi connectivity index (χ3n) is 2.50. The fourth-order valence-electron chi connectivity index (χ4n) is 1.49. The monoisotopic (exact) mass is 170 g/mol. The molecule has 1 saturated carbocycles. The van der Waals surface area contributed by atoms with Gasteiger partial charge in [0.25, 0.3) is 0 Å². The van der Waals surface area contributed by atoms with Crippen LogP contribution in [-0.4, -0.2) is 11.1 Å². The molecule has 2 heteroatoms. The summed E-state index contributed by atoms with van der Waals surface area (Å²) in [7, 11) is 0. The highest BCUT2D eigenvalue weighted by atomic mass is 16.4. The summed E-state index contributed by atoms with van der Waals surface area (Å²) in [5.74, 6) is -0.150. The number of rotatable bonds is 3. The van der Waals surface area contributed by atoms with Gasteiger partial charge in [0.05, 0.1) is 5.92 Å². The summed E-state index contributed by atoms with van der Waals surface area (Å²) < 4.78 is 0. The molecule has 1 aliphatic carbocycles. The van der Waals surface area contributed by atoms with Gasteiger partial charge >= 0.3 is 5.97 Å².